The number of aromatic nitrogens is 1. The first-order chi connectivity index (χ1) is 13.7. The maximum absolute atomic E-state index is 14.1. The van der Waals surface area contributed by atoms with Gasteiger partial charge < -0.3 is 14.6 Å². The van der Waals surface area contributed by atoms with E-state index in [1.54, 1.807) is 0 Å². The van der Waals surface area contributed by atoms with Gasteiger partial charge in [0.05, 0.1) is 11.1 Å². The van der Waals surface area contributed by atoms with Gasteiger partial charge in [-0.15, -0.1) is 0 Å². The second kappa shape index (κ2) is 8.00. The van der Waals surface area contributed by atoms with Crippen molar-refractivity contribution in [2.45, 2.75) is 0 Å². The van der Waals surface area contributed by atoms with Crippen LogP contribution in [0.2, 0.25) is 0 Å². The summed E-state index contributed by atoms with van der Waals surface area (Å²) >= 11 is 0. The average Bonchev–Trinajstić information content (AvgIpc) is 3.11. The third kappa shape index (κ3) is 3.97. The van der Waals surface area contributed by atoms with Gasteiger partial charge in [-0.3, -0.25) is 9.59 Å². The molecule has 0 unspecified atom stereocenters. The normalized spacial score (nSPS) is 11.3. The number of hydrogen-bond donors (Lipinski definition) is 1. The van der Waals surface area contributed by atoms with E-state index < -0.39 is 40.5 Å². The molecule has 29 heavy (non-hydrogen) atoms. The summed E-state index contributed by atoms with van der Waals surface area (Å²) in [5.74, 6) is -8.80. The molecule has 0 radical (unpaired) electrons. The predicted molar refractivity (Wildman–Crippen MR) is 96.7 cm³/mol. The highest BCUT2D eigenvalue weighted by Gasteiger charge is 2.24. The van der Waals surface area contributed by atoms with E-state index in [-0.39, 0.29) is 22.9 Å². The summed E-state index contributed by atoms with van der Waals surface area (Å²) in [6.07, 6.45) is 0.0678. The van der Waals surface area contributed by atoms with Crippen molar-refractivity contribution in [1.29, 1.82) is 0 Å². The van der Waals surface area contributed by atoms with Gasteiger partial charge in [0.1, 0.15) is 5.52 Å². The van der Waals surface area contributed by atoms with Crippen LogP contribution in [0.3, 0.4) is 0 Å². The Labute approximate surface area is 162 Å². The molecule has 0 saturated heterocycles. The smallest absolute Gasteiger partial charge is 0.230 e. The number of ketones is 1. The topological polar surface area (TPSA) is 75.4 Å². The van der Waals surface area contributed by atoms with Crippen molar-refractivity contribution >= 4 is 28.9 Å². The number of carbonyl (C=O) groups is 2. The van der Waals surface area contributed by atoms with Gasteiger partial charge in [0.15, 0.2) is 35.1 Å². The van der Waals surface area contributed by atoms with Gasteiger partial charge in [0, 0.05) is 18.8 Å². The second-order valence-corrected chi connectivity index (χ2v) is 6.45. The first-order valence-corrected chi connectivity index (χ1v) is 8.39. The summed E-state index contributed by atoms with van der Waals surface area (Å²) in [4.78, 5) is 28.8. The SMILES string of the molecule is CN(C)CCNc1cc(C(=O)C=O)c2oc(-c3cc(F)c(F)c(F)c3F)nc2c1. The van der Waals surface area contributed by atoms with Crippen LogP contribution >= 0.6 is 0 Å². The number of likely N-dealkylation sites (N-methyl/N-ethyl adjacent to an activating group) is 1. The first kappa shape index (κ1) is 20.5. The zero-order valence-corrected chi connectivity index (χ0v) is 15.4. The molecule has 1 N–H and O–H groups in total. The van der Waals surface area contributed by atoms with Gasteiger partial charge in [-0.2, -0.15) is 0 Å². The summed E-state index contributed by atoms with van der Waals surface area (Å²) in [6.45, 7) is 1.17. The van der Waals surface area contributed by atoms with E-state index in [0.717, 1.165) is 0 Å². The van der Waals surface area contributed by atoms with Crippen LogP contribution in [-0.2, 0) is 4.79 Å². The summed E-state index contributed by atoms with van der Waals surface area (Å²) in [7, 11) is 3.73. The second-order valence-electron chi connectivity index (χ2n) is 6.45. The maximum atomic E-state index is 14.1. The van der Waals surface area contributed by atoms with Gasteiger partial charge in [0.25, 0.3) is 0 Å². The lowest BCUT2D eigenvalue weighted by Gasteiger charge is -2.11. The van der Waals surface area contributed by atoms with E-state index in [1.807, 2.05) is 19.0 Å². The highest BCUT2D eigenvalue weighted by Crippen LogP contribution is 2.32. The maximum Gasteiger partial charge on any atom is 0.230 e. The summed E-state index contributed by atoms with van der Waals surface area (Å²) < 4.78 is 59.7. The van der Waals surface area contributed by atoms with Crippen LogP contribution in [0, 0.1) is 23.3 Å². The number of aldehydes is 1. The van der Waals surface area contributed by atoms with Crippen LogP contribution in [-0.4, -0.2) is 49.1 Å². The Morgan fingerprint density at radius 1 is 1.14 bits per heavy atom. The molecule has 2 aromatic carbocycles. The molecule has 0 saturated carbocycles. The molecular formula is C19H15F4N3O3. The number of carbonyl (C=O) groups excluding carboxylic acids is 2. The molecular weight excluding hydrogens is 394 g/mol. The van der Waals surface area contributed by atoms with Gasteiger partial charge in [-0.25, -0.2) is 22.5 Å². The molecule has 0 spiro atoms. The van der Waals surface area contributed by atoms with Crippen molar-refractivity contribution < 1.29 is 31.6 Å². The van der Waals surface area contributed by atoms with E-state index >= 15 is 0 Å². The highest BCUT2D eigenvalue weighted by molar-refractivity contribution is 6.36. The number of anilines is 1. The fourth-order valence-corrected chi connectivity index (χ4v) is 2.65. The van der Waals surface area contributed by atoms with E-state index in [0.29, 0.717) is 24.8 Å². The zero-order chi connectivity index (χ0) is 21.3. The van der Waals surface area contributed by atoms with Crippen LogP contribution in [0.25, 0.3) is 22.6 Å². The monoisotopic (exact) mass is 409 g/mol. The number of hydrogen-bond acceptors (Lipinski definition) is 6. The fraction of sp³-hybridized carbons (Fsp3) is 0.211. The number of halogens is 4. The van der Waals surface area contributed by atoms with Gasteiger partial charge in [-0.1, -0.05) is 0 Å². The van der Waals surface area contributed by atoms with E-state index in [4.69, 9.17) is 4.42 Å². The van der Waals surface area contributed by atoms with Crippen LogP contribution in [0.5, 0.6) is 0 Å². The summed E-state index contributed by atoms with van der Waals surface area (Å²) in [6, 6.07) is 3.22. The number of Topliss-reactive ketones (excluding diaryl/α,β-unsaturated/α-hetero) is 1. The lowest BCUT2D eigenvalue weighted by Crippen LogP contribution is -2.20. The Kier molecular flexibility index (Phi) is 5.64. The molecule has 3 rings (SSSR count). The van der Waals surface area contributed by atoms with E-state index in [1.165, 1.54) is 12.1 Å². The van der Waals surface area contributed by atoms with Crippen LogP contribution in [0.15, 0.2) is 22.6 Å². The first-order valence-electron chi connectivity index (χ1n) is 8.39. The lowest BCUT2D eigenvalue weighted by molar-refractivity contribution is -0.104. The minimum Gasteiger partial charge on any atom is -0.435 e. The van der Waals surface area contributed by atoms with Crippen molar-refractivity contribution in [3.05, 3.63) is 47.0 Å². The van der Waals surface area contributed by atoms with Crippen molar-refractivity contribution in [2.75, 3.05) is 32.5 Å². The molecule has 10 heteroatoms. The van der Waals surface area contributed by atoms with Crippen LogP contribution in [0.1, 0.15) is 10.4 Å². The Balaban J connectivity index is 2.13. The number of fused-ring (bicyclic) bond motifs is 1. The minimum atomic E-state index is -2.02. The number of rotatable bonds is 7. The zero-order valence-electron chi connectivity index (χ0n) is 15.4. The molecule has 0 aliphatic carbocycles. The molecule has 0 atom stereocenters. The van der Waals surface area contributed by atoms with Crippen molar-refractivity contribution in [3.8, 4) is 11.5 Å². The Morgan fingerprint density at radius 3 is 2.52 bits per heavy atom. The average molecular weight is 409 g/mol. The summed E-state index contributed by atoms with van der Waals surface area (Å²) in [5.41, 5.74) is -0.609. The van der Waals surface area contributed by atoms with Gasteiger partial charge in [0.2, 0.25) is 11.7 Å². The largest absolute Gasteiger partial charge is 0.435 e. The van der Waals surface area contributed by atoms with Crippen LogP contribution < -0.4 is 5.32 Å². The number of nitrogens with one attached hydrogen (secondary N) is 1. The third-order valence-electron chi connectivity index (χ3n) is 4.08. The standard InChI is InChI=1S/C19H15F4N3O3/c1-26(2)4-3-24-9-5-10(14(28)8-27)18-13(6-9)25-19(29-18)11-7-12(20)16(22)17(23)15(11)21/h5-8,24H,3-4H2,1-2H3. The molecule has 1 aromatic heterocycles. The third-order valence-corrected chi connectivity index (χ3v) is 4.08. The number of nitrogens with zero attached hydrogens (tertiary/aromatic N) is 2. The molecule has 3 aromatic rings. The molecule has 0 fully saturated rings. The number of oxazole rings is 1. The lowest BCUT2D eigenvalue weighted by atomic mass is 10.1. The fourth-order valence-electron chi connectivity index (χ4n) is 2.65. The molecule has 0 amide bonds. The Morgan fingerprint density at radius 2 is 1.86 bits per heavy atom. The molecule has 152 valence electrons. The molecule has 1 heterocycles. The molecule has 6 nitrogen and oxygen atoms in total. The number of benzene rings is 2. The van der Waals surface area contributed by atoms with E-state index in [2.05, 4.69) is 10.3 Å². The van der Waals surface area contributed by atoms with Gasteiger partial charge in [-0.05, 0) is 32.3 Å². The predicted octanol–water partition coefficient (Wildman–Crippen LogP) is 3.41. The van der Waals surface area contributed by atoms with Crippen molar-refractivity contribution in [3.63, 3.8) is 0 Å². The van der Waals surface area contributed by atoms with Crippen molar-refractivity contribution in [2.24, 2.45) is 0 Å². The minimum absolute atomic E-state index is 0.0459. The quantitative estimate of drug-likeness (QED) is 0.161. The Bertz CT molecular complexity index is 1110. The van der Waals surface area contributed by atoms with Crippen LogP contribution in [0.4, 0.5) is 23.2 Å². The van der Waals surface area contributed by atoms with Crippen molar-refractivity contribution in [1.82, 2.24) is 9.88 Å². The van der Waals surface area contributed by atoms with E-state index in [9.17, 15) is 27.2 Å². The molecule has 0 aliphatic heterocycles. The van der Waals surface area contributed by atoms with Gasteiger partial charge >= 0.3 is 0 Å². The highest BCUT2D eigenvalue weighted by atomic mass is 19.2. The molecule has 0 aliphatic rings. The summed E-state index contributed by atoms with van der Waals surface area (Å²) in [5, 5.41) is 3.04. The molecule has 0 bridgehead atoms. The Hall–Kier alpha value is -3.27.